The summed E-state index contributed by atoms with van der Waals surface area (Å²) >= 11 is 0. The number of aromatic nitrogens is 1. The van der Waals surface area contributed by atoms with Gasteiger partial charge in [0.1, 0.15) is 17.3 Å². The van der Waals surface area contributed by atoms with E-state index in [2.05, 4.69) is 5.16 Å². The molecule has 0 aliphatic carbocycles. The van der Waals surface area contributed by atoms with Crippen LogP contribution in [0.5, 0.6) is 5.75 Å². The Bertz CT molecular complexity index is 731. The minimum absolute atomic E-state index is 0.117. The van der Waals surface area contributed by atoms with Crippen molar-refractivity contribution in [3.8, 4) is 5.75 Å². The number of carbonyl (C=O) groups is 1. The van der Waals surface area contributed by atoms with Crippen LogP contribution in [0, 0.1) is 18.7 Å². The molecule has 2 atom stereocenters. The van der Waals surface area contributed by atoms with E-state index in [0.29, 0.717) is 12.2 Å². The highest BCUT2D eigenvalue weighted by Gasteiger charge is 2.35. The lowest BCUT2D eigenvalue weighted by molar-refractivity contribution is 0.0759. The fraction of sp³-hybridized carbons (Fsp3) is 0.375. The lowest BCUT2D eigenvalue weighted by Crippen LogP contribution is -2.30. The standard InChI is InChI=1S/C16H17FN2O4/c1-9-4-12(23-18-9)5-10-7-19(8-15(10)21)16(22)13-6-11(20)2-3-14(13)17/h2-4,6,10,15,20-21H,5,7-8H2,1H3. The first-order chi connectivity index (χ1) is 10.9. The second-order valence-corrected chi connectivity index (χ2v) is 5.84. The summed E-state index contributed by atoms with van der Waals surface area (Å²) in [6, 6.07) is 5.10. The Morgan fingerprint density at radius 1 is 1.43 bits per heavy atom. The zero-order valence-electron chi connectivity index (χ0n) is 12.6. The number of β-amino-alcohol motifs (C(OH)–C–C–N with tert-alkyl or cyclic N) is 1. The van der Waals surface area contributed by atoms with Gasteiger partial charge in [0.05, 0.1) is 17.4 Å². The van der Waals surface area contributed by atoms with Crippen LogP contribution in [0.2, 0.25) is 0 Å². The Hall–Kier alpha value is -2.41. The molecule has 1 aliphatic rings. The third-order valence-electron chi connectivity index (χ3n) is 4.01. The number of aryl methyl sites for hydroxylation is 1. The summed E-state index contributed by atoms with van der Waals surface area (Å²) in [5.41, 5.74) is 0.551. The first kappa shape index (κ1) is 15.5. The van der Waals surface area contributed by atoms with E-state index in [4.69, 9.17) is 4.52 Å². The number of carbonyl (C=O) groups excluding carboxylic acids is 1. The second kappa shape index (κ2) is 6.00. The summed E-state index contributed by atoms with van der Waals surface area (Å²) in [5, 5.41) is 23.4. The average molecular weight is 320 g/mol. The van der Waals surface area contributed by atoms with Crippen LogP contribution in [0.25, 0.3) is 0 Å². The first-order valence-electron chi connectivity index (χ1n) is 7.32. The molecule has 6 nitrogen and oxygen atoms in total. The molecule has 1 fully saturated rings. The average Bonchev–Trinajstić information content (AvgIpc) is 3.08. The summed E-state index contributed by atoms with van der Waals surface area (Å²) < 4.78 is 18.9. The van der Waals surface area contributed by atoms with Crippen molar-refractivity contribution in [2.45, 2.75) is 19.4 Å². The maximum atomic E-state index is 13.8. The van der Waals surface area contributed by atoms with Crippen molar-refractivity contribution in [1.82, 2.24) is 10.1 Å². The largest absolute Gasteiger partial charge is 0.508 e. The maximum absolute atomic E-state index is 13.8. The van der Waals surface area contributed by atoms with E-state index in [1.165, 1.54) is 11.0 Å². The van der Waals surface area contributed by atoms with Gasteiger partial charge in [-0.05, 0) is 25.1 Å². The van der Waals surface area contributed by atoms with Gasteiger partial charge < -0.3 is 19.6 Å². The lowest BCUT2D eigenvalue weighted by atomic mass is 10.0. The van der Waals surface area contributed by atoms with Gasteiger partial charge in [0, 0.05) is 31.5 Å². The number of hydrogen-bond donors (Lipinski definition) is 2. The number of amides is 1. The van der Waals surface area contributed by atoms with Crippen molar-refractivity contribution in [3.63, 3.8) is 0 Å². The molecule has 2 aromatic rings. The van der Waals surface area contributed by atoms with Crippen LogP contribution in [0.4, 0.5) is 4.39 Å². The molecule has 2 N–H and O–H groups in total. The number of hydrogen-bond acceptors (Lipinski definition) is 5. The minimum Gasteiger partial charge on any atom is -0.508 e. The van der Waals surface area contributed by atoms with E-state index in [-0.39, 0.29) is 30.3 Å². The van der Waals surface area contributed by atoms with Crippen molar-refractivity contribution < 1.29 is 23.9 Å². The number of nitrogens with zero attached hydrogens (tertiary/aromatic N) is 2. The van der Waals surface area contributed by atoms with Crippen molar-refractivity contribution in [2.75, 3.05) is 13.1 Å². The highest BCUT2D eigenvalue weighted by molar-refractivity contribution is 5.95. The number of aliphatic hydroxyl groups is 1. The Balaban J connectivity index is 1.72. The van der Waals surface area contributed by atoms with Crippen LogP contribution in [-0.2, 0) is 6.42 Å². The first-order valence-corrected chi connectivity index (χ1v) is 7.32. The quantitative estimate of drug-likeness (QED) is 0.895. The summed E-state index contributed by atoms with van der Waals surface area (Å²) in [4.78, 5) is 13.8. The van der Waals surface area contributed by atoms with Gasteiger partial charge in [0.2, 0.25) is 0 Å². The third-order valence-corrected chi connectivity index (χ3v) is 4.01. The number of aliphatic hydroxyl groups excluding tert-OH is 1. The number of likely N-dealkylation sites (tertiary alicyclic amines) is 1. The monoisotopic (exact) mass is 320 g/mol. The molecule has 2 unspecified atom stereocenters. The molecule has 7 heteroatoms. The predicted octanol–water partition coefficient (Wildman–Crippen LogP) is 1.50. The normalized spacial score (nSPS) is 20.9. The Morgan fingerprint density at radius 2 is 2.22 bits per heavy atom. The zero-order chi connectivity index (χ0) is 16.6. The molecule has 0 radical (unpaired) electrons. The summed E-state index contributed by atoms with van der Waals surface area (Å²) in [5.74, 6) is -0.982. The highest BCUT2D eigenvalue weighted by atomic mass is 19.1. The van der Waals surface area contributed by atoms with Crippen LogP contribution in [0.3, 0.4) is 0 Å². The highest BCUT2D eigenvalue weighted by Crippen LogP contribution is 2.25. The van der Waals surface area contributed by atoms with Crippen molar-refractivity contribution >= 4 is 5.91 Å². The van der Waals surface area contributed by atoms with Crippen molar-refractivity contribution in [1.29, 1.82) is 0 Å². The number of rotatable bonds is 3. The molecular weight excluding hydrogens is 303 g/mol. The SMILES string of the molecule is Cc1cc(CC2CN(C(=O)c3cc(O)ccc3F)CC2O)on1. The second-order valence-electron chi connectivity index (χ2n) is 5.84. The van der Waals surface area contributed by atoms with Crippen LogP contribution < -0.4 is 0 Å². The molecule has 3 rings (SSSR count). The number of halogens is 1. The van der Waals surface area contributed by atoms with E-state index in [1.807, 2.05) is 0 Å². The van der Waals surface area contributed by atoms with Gasteiger partial charge in [0.15, 0.2) is 0 Å². The lowest BCUT2D eigenvalue weighted by Gasteiger charge is -2.16. The number of phenols is 1. The number of aromatic hydroxyl groups is 1. The molecule has 122 valence electrons. The molecule has 1 aromatic carbocycles. The minimum atomic E-state index is -0.718. The van der Waals surface area contributed by atoms with Crippen LogP contribution >= 0.6 is 0 Å². The molecule has 1 aliphatic heterocycles. The van der Waals surface area contributed by atoms with Gasteiger partial charge in [-0.15, -0.1) is 0 Å². The van der Waals surface area contributed by atoms with Gasteiger partial charge in [-0.1, -0.05) is 5.16 Å². The molecule has 0 saturated carbocycles. The van der Waals surface area contributed by atoms with Crippen LogP contribution in [-0.4, -0.2) is 45.4 Å². The molecule has 0 spiro atoms. The molecule has 1 aromatic heterocycles. The van der Waals surface area contributed by atoms with Gasteiger partial charge in [-0.3, -0.25) is 4.79 Å². The molecule has 0 bridgehead atoms. The Morgan fingerprint density at radius 3 is 2.91 bits per heavy atom. The molecule has 1 amide bonds. The Labute approximate surface area is 132 Å². The Kier molecular flexibility index (Phi) is 4.04. The van der Waals surface area contributed by atoms with Gasteiger partial charge in [0.25, 0.3) is 5.91 Å². The maximum Gasteiger partial charge on any atom is 0.257 e. The smallest absolute Gasteiger partial charge is 0.257 e. The number of benzene rings is 1. The van der Waals surface area contributed by atoms with Crippen molar-refractivity contribution in [2.24, 2.45) is 5.92 Å². The van der Waals surface area contributed by atoms with E-state index in [0.717, 1.165) is 17.8 Å². The molecular formula is C16H17FN2O4. The zero-order valence-corrected chi connectivity index (χ0v) is 12.6. The fourth-order valence-corrected chi connectivity index (χ4v) is 2.84. The topological polar surface area (TPSA) is 86.8 Å². The van der Waals surface area contributed by atoms with Crippen LogP contribution in [0.1, 0.15) is 21.8 Å². The number of phenolic OH excluding ortho intramolecular Hbond substituents is 1. The van der Waals surface area contributed by atoms with E-state index in [1.54, 1.807) is 13.0 Å². The van der Waals surface area contributed by atoms with E-state index in [9.17, 15) is 19.4 Å². The van der Waals surface area contributed by atoms with Gasteiger partial charge in [-0.25, -0.2) is 4.39 Å². The van der Waals surface area contributed by atoms with Gasteiger partial charge in [-0.2, -0.15) is 0 Å². The molecule has 2 heterocycles. The van der Waals surface area contributed by atoms with Crippen molar-refractivity contribution in [3.05, 3.63) is 47.1 Å². The summed E-state index contributed by atoms with van der Waals surface area (Å²) in [6.45, 7) is 2.21. The third kappa shape index (κ3) is 3.19. The summed E-state index contributed by atoms with van der Waals surface area (Å²) in [7, 11) is 0. The molecule has 1 saturated heterocycles. The van der Waals surface area contributed by atoms with E-state index >= 15 is 0 Å². The fourth-order valence-electron chi connectivity index (χ4n) is 2.84. The van der Waals surface area contributed by atoms with E-state index < -0.39 is 17.8 Å². The van der Waals surface area contributed by atoms with Gasteiger partial charge >= 0.3 is 0 Å². The van der Waals surface area contributed by atoms with Crippen LogP contribution in [0.15, 0.2) is 28.8 Å². The molecule has 23 heavy (non-hydrogen) atoms. The predicted molar refractivity (Wildman–Crippen MR) is 78.4 cm³/mol. The summed E-state index contributed by atoms with van der Waals surface area (Å²) in [6.07, 6.45) is -0.265.